The first kappa shape index (κ1) is 29.1. The number of anilines is 1. The molecule has 1 aromatic rings. The van der Waals surface area contributed by atoms with E-state index in [-0.39, 0.29) is 12.7 Å². The lowest BCUT2D eigenvalue weighted by Gasteiger charge is -2.33. The summed E-state index contributed by atoms with van der Waals surface area (Å²) >= 11 is 1.68. The lowest BCUT2D eigenvalue weighted by molar-refractivity contribution is 0.343. The molecule has 0 bridgehead atoms. The van der Waals surface area contributed by atoms with Gasteiger partial charge in [-0.3, -0.25) is 4.99 Å². The number of amidine groups is 2. The Kier molecular flexibility index (Phi) is 10.4. The SMILES string of the molecule is C=CN(C=C(C)C(=C)C)c1ccc(C2CCSC(N=C3C4=C(CCCC4)CCCCN3CCF)=N2)nc1OC. The van der Waals surface area contributed by atoms with Crippen molar-refractivity contribution in [1.29, 1.82) is 0 Å². The van der Waals surface area contributed by atoms with Gasteiger partial charge in [-0.15, -0.1) is 0 Å². The van der Waals surface area contributed by atoms with Gasteiger partial charge in [0.1, 0.15) is 18.2 Å². The van der Waals surface area contributed by atoms with Crippen molar-refractivity contribution >= 4 is 28.5 Å². The van der Waals surface area contributed by atoms with Crippen LogP contribution in [0.15, 0.2) is 70.0 Å². The van der Waals surface area contributed by atoms with E-state index in [4.69, 9.17) is 19.7 Å². The molecule has 1 aromatic heterocycles. The van der Waals surface area contributed by atoms with E-state index < -0.39 is 0 Å². The van der Waals surface area contributed by atoms with E-state index in [0.717, 1.165) is 77.9 Å². The second-order valence-electron chi connectivity index (χ2n) is 10.4. The fourth-order valence-electron chi connectivity index (χ4n) is 5.29. The van der Waals surface area contributed by atoms with Crippen LogP contribution in [0.5, 0.6) is 5.88 Å². The van der Waals surface area contributed by atoms with Crippen LogP contribution in [-0.2, 0) is 0 Å². The number of hydrogen-bond donors (Lipinski definition) is 0. The van der Waals surface area contributed by atoms with Gasteiger partial charge in [0.25, 0.3) is 0 Å². The second kappa shape index (κ2) is 14.0. The zero-order valence-corrected chi connectivity index (χ0v) is 24.5. The third kappa shape index (κ3) is 7.21. The molecular formula is C31H42FN5OS. The van der Waals surface area contributed by atoms with Crippen LogP contribution in [-0.4, -0.2) is 53.5 Å². The highest BCUT2D eigenvalue weighted by Gasteiger charge is 2.26. The average Bonchev–Trinajstić information content (AvgIpc) is 2.95. The van der Waals surface area contributed by atoms with E-state index in [0.29, 0.717) is 12.4 Å². The van der Waals surface area contributed by atoms with E-state index in [1.165, 1.54) is 30.4 Å². The molecule has 0 fully saturated rings. The number of rotatable bonds is 8. The van der Waals surface area contributed by atoms with Crippen molar-refractivity contribution in [2.75, 3.05) is 37.5 Å². The number of ether oxygens (including phenoxy) is 1. The number of alkyl halides is 1. The van der Waals surface area contributed by atoms with E-state index in [2.05, 4.69) is 18.1 Å². The smallest absolute Gasteiger partial charge is 0.238 e. The van der Waals surface area contributed by atoms with Crippen LogP contribution in [0, 0.1) is 0 Å². The molecule has 3 heterocycles. The minimum absolute atomic E-state index is 0.110. The van der Waals surface area contributed by atoms with Crippen molar-refractivity contribution in [2.24, 2.45) is 9.98 Å². The number of aromatic nitrogens is 1. The second-order valence-corrected chi connectivity index (χ2v) is 11.4. The molecule has 210 valence electrons. The Balaban J connectivity index is 1.67. The number of thioether (sulfide) groups is 1. The van der Waals surface area contributed by atoms with E-state index >= 15 is 0 Å². The van der Waals surface area contributed by atoms with Gasteiger partial charge in [0.05, 0.1) is 18.8 Å². The molecule has 0 spiro atoms. The first-order valence-electron chi connectivity index (χ1n) is 14.1. The van der Waals surface area contributed by atoms with Gasteiger partial charge in [-0.25, -0.2) is 14.4 Å². The van der Waals surface area contributed by atoms with Gasteiger partial charge in [-0.1, -0.05) is 36.1 Å². The van der Waals surface area contributed by atoms with E-state index in [9.17, 15) is 4.39 Å². The van der Waals surface area contributed by atoms with Crippen LogP contribution in [0.1, 0.15) is 76.9 Å². The number of halogens is 1. The third-order valence-corrected chi connectivity index (χ3v) is 8.52. The van der Waals surface area contributed by atoms with Crippen LogP contribution in [0.3, 0.4) is 0 Å². The van der Waals surface area contributed by atoms with Crippen molar-refractivity contribution in [3.8, 4) is 5.88 Å². The van der Waals surface area contributed by atoms with Gasteiger partial charge >= 0.3 is 0 Å². The molecule has 6 nitrogen and oxygen atoms in total. The predicted octanol–water partition coefficient (Wildman–Crippen LogP) is 7.78. The number of allylic oxidation sites excluding steroid dienone is 3. The summed E-state index contributed by atoms with van der Waals surface area (Å²) in [6.07, 6.45) is 12.5. The summed E-state index contributed by atoms with van der Waals surface area (Å²) < 4.78 is 19.3. The maximum Gasteiger partial charge on any atom is 0.238 e. The highest BCUT2D eigenvalue weighted by atomic mass is 32.2. The predicted molar refractivity (Wildman–Crippen MR) is 164 cm³/mol. The normalized spacial score (nSPS) is 21.6. The van der Waals surface area contributed by atoms with Crippen LogP contribution in [0.25, 0.3) is 0 Å². The molecule has 3 aliphatic rings. The first-order valence-corrected chi connectivity index (χ1v) is 15.0. The first-order chi connectivity index (χ1) is 18.9. The Morgan fingerprint density at radius 3 is 2.72 bits per heavy atom. The molecule has 0 N–H and O–H groups in total. The monoisotopic (exact) mass is 551 g/mol. The molecule has 0 amide bonds. The van der Waals surface area contributed by atoms with Crippen LogP contribution in [0.4, 0.5) is 10.1 Å². The van der Waals surface area contributed by atoms with Crippen molar-refractivity contribution in [3.63, 3.8) is 0 Å². The molecule has 1 aliphatic carbocycles. The number of nitrogens with zero attached hydrogens (tertiary/aromatic N) is 5. The van der Waals surface area contributed by atoms with Crippen LogP contribution >= 0.6 is 11.8 Å². The molecule has 39 heavy (non-hydrogen) atoms. The maximum atomic E-state index is 13.6. The highest BCUT2D eigenvalue weighted by molar-refractivity contribution is 8.13. The van der Waals surface area contributed by atoms with Gasteiger partial charge in [0.2, 0.25) is 5.88 Å². The lowest BCUT2D eigenvalue weighted by Crippen LogP contribution is -2.37. The molecule has 0 saturated heterocycles. The number of hydrogen-bond acceptors (Lipinski definition) is 6. The summed E-state index contributed by atoms with van der Waals surface area (Å²) in [5, 5.41) is 0.765. The fourth-order valence-corrected chi connectivity index (χ4v) is 6.17. The number of methoxy groups -OCH3 is 1. The lowest BCUT2D eigenvalue weighted by atomic mass is 9.86. The minimum Gasteiger partial charge on any atom is -0.479 e. The summed E-state index contributed by atoms with van der Waals surface area (Å²) in [6.45, 7) is 12.8. The molecule has 0 aromatic carbocycles. The molecule has 1 atom stereocenters. The topological polar surface area (TPSA) is 53.3 Å². The summed E-state index contributed by atoms with van der Waals surface area (Å²) in [4.78, 5) is 19.1. The van der Waals surface area contributed by atoms with Gasteiger partial charge < -0.3 is 14.5 Å². The van der Waals surface area contributed by atoms with E-state index in [1.54, 1.807) is 25.1 Å². The average molecular weight is 552 g/mol. The van der Waals surface area contributed by atoms with Gasteiger partial charge in [-0.05, 0) is 88.5 Å². The zero-order chi connectivity index (χ0) is 27.8. The van der Waals surface area contributed by atoms with Gasteiger partial charge in [0.15, 0.2) is 5.17 Å². The van der Waals surface area contributed by atoms with Crippen molar-refractivity contribution < 1.29 is 9.13 Å². The summed E-state index contributed by atoms with van der Waals surface area (Å²) in [6, 6.07) is 3.91. The highest BCUT2D eigenvalue weighted by Crippen LogP contribution is 2.36. The quantitative estimate of drug-likeness (QED) is 0.309. The fraction of sp³-hybridized carbons (Fsp3) is 0.516. The van der Waals surface area contributed by atoms with Crippen LogP contribution in [0.2, 0.25) is 0 Å². The standard InChI is InChI=1S/C31H42FN5OS/c1-6-36(21-23(4)22(2)3)28-15-14-26(33-30(28)38-5)27-16-20-39-31(34-27)35-29-25-13-8-7-11-24(25)12-9-10-18-37(29)19-17-32/h6,14-15,21,27H,1-2,7-13,16-20H2,3-5H3. The third-order valence-electron chi connectivity index (χ3n) is 7.63. The van der Waals surface area contributed by atoms with Crippen molar-refractivity contribution in [2.45, 2.75) is 71.3 Å². The Hall–Kier alpha value is -2.87. The van der Waals surface area contributed by atoms with Gasteiger partial charge in [-0.2, -0.15) is 0 Å². The van der Waals surface area contributed by atoms with Crippen molar-refractivity contribution in [3.05, 3.63) is 65.7 Å². The Morgan fingerprint density at radius 2 is 2.00 bits per heavy atom. The number of pyridine rings is 1. The minimum atomic E-state index is -0.372. The summed E-state index contributed by atoms with van der Waals surface area (Å²) in [7, 11) is 1.63. The Bertz CT molecular complexity index is 1190. The number of aliphatic imine (C=N–C) groups is 2. The van der Waals surface area contributed by atoms with Crippen LogP contribution < -0.4 is 9.64 Å². The Morgan fingerprint density at radius 1 is 1.23 bits per heavy atom. The molecular weight excluding hydrogens is 509 g/mol. The Labute approximate surface area is 237 Å². The molecule has 0 radical (unpaired) electrons. The molecule has 1 unspecified atom stereocenters. The van der Waals surface area contributed by atoms with E-state index in [1.807, 2.05) is 37.1 Å². The van der Waals surface area contributed by atoms with Crippen molar-refractivity contribution in [1.82, 2.24) is 9.88 Å². The molecule has 2 aliphatic heterocycles. The maximum absolute atomic E-state index is 13.6. The summed E-state index contributed by atoms with van der Waals surface area (Å²) in [5.41, 5.74) is 6.55. The molecule has 0 saturated carbocycles. The summed E-state index contributed by atoms with van der Waals surface area (Å²) in [5.74, 6) is 2.38. The molecule has 8 heteroatoms. The molecule has 4 rings (SSSR count). The zero-order valence-electron chi connectivity index (χ0n) is 23.7. The van der Waals surface area contributed by atoms with Gasteiger partial charge in [0, 0.05) is 31.2 Å². The largest absolute Gasteiger partial charge is 0.479 e.